The lowest BCUT2D eigenvalue weighted by Crippen LogP contribution is -2.27. The summed E-state index contributed by atoms with van der Waals surface area (Å²) in [4.78, 5) is 15.6. The fourth-order valence-electron chi connectivity index (χ4n) is 0.937. The van der Waals surface area contributed by atoms with Crippen LogP contribution in [0.2, 0.25) is 0 Å². The number of hydrogen-bond acceptors (Lipinski definition) is 2. The maximum atomic E-state index is 11.3. The summed E-state index contributed by atoms with van der Waals surface area (Å²) in [6.45, 7) is 5.34. The first kappa shape index (κ1) is 10.4. The third kappa shape index (κ3) is 2.15. The molecule has 0 aliphatic heterocycles. The Morgan fingerprint density at radius 1 is 1.46 bits per heavy atom. The molecule has 0 bridgehead atoms. The molecule has 0 aromatic carbocycles. The molecule has 0 atom stereocenters. The van der Waals surface area contributed by atoms with Gasteiger partial charge >= 0.3 is 0 Å². The number of pyridine rings is 1. The van der Waals surface area contributed by atoms with E-state index in [1.807, 2.05) is 32.0 Å². The summed E-state index contributed by atoms with van der Waals surface area (Å²) in [5.74, 6) is 0.123. The van der Waals surface area contributed by atoms with E-state index in [1.165, 1.54) is 0 Å². The fraction of sp³-hybridized carbons (Fsp3) is 0.400. The van der Waals surface area contributed by atoms with Crippen molar-refractivity contribution in [3.63, 3.8) is 0 Å². The van der Waals surface area contributed by atoms with Crippen molar-refractivity contribution in [3.8, 4) is 0 Å². The average Bonchev–Trinajstić information content (AvgIpc) is 2.04. The van der Waals surface area contributed by atoms with Crippen LogP contribution in [0.5, 0.6) is 0 Å². The van der Waals surface area contributed by atoms with Crippen LogP contribution in [0.4, 0.5) is 0 Å². The number of carbonyl (C=O) groups excluding carboxylic acids is 1. The molecule has 0 saturated carbocycles. The number of aromatic nitrogens is 1. The predicted molar refractivity (Wildman–Crippen MR) is 55.6 cm³/mol. The quantitative estimate of drug-likeness (QED) is 0.746. The summed E-state index contributed by atoms with van der Waals surface area (Å²) in [5, 5.41) is 0. The Bertz CT molecular complexity index is 333. The van der Waals surface area contributed by atoms with Crippen molar-refractivity contribution in [2.75, 3.05) is 0 Å². The van der Waals surface area contributed by atoms with Gasteiger partial charge in [-0.3, -0.25) is 4.79 Å². The zero-order valence-corrected chi connectivity index (χ0v) is 9.55. The molecule has 0 amide bonds. The molecule has 1 rings (SSSR count). The van der Waals surface area contributed by atoms with Crippen molar-refractivity contribution in [3.05, 3.63) is 28.5 Å². The summed E-state index contributed by atoms with van der Waals surface area (Å²) in [6.07, 6.45) is 0. The highest BCUT2D eigenvalue weighted by molar-refractivity contribution is 9.10. The standard InChI is InChI=1S/C10H12BrNO/c1-7(13)10(2,3)8-5-4-6-9(11)12-8/h4-6H,1-3H3. The zero-order valence-electron chi connectivity index (χ0n) is 7.97. The molecule has 0 saturated heterocycles. The largest absolute Gasteiger partial charge is 0.299 e. The van der Waals surface area contributed by atoms with Crippen LogP contribution >= 0.6 is 15.9 Å². The molecule has 3 heteroatoms. The molecule has 70 valence electrons. The van der Waals surface area contributed by atoms with Crippen molar-refractivity contribution in [1.29, 1.82) is 0 Å². The Morgan fingerprint density at radius 2 is 2.08 bits per heavy atom. The summed E-state index contributed by atoms with van der Waals surface area (Å²) >= 11 is 3.28. The Balaban J connectivity index is 3.14. The van der Waals surface area contributed by atoms with Gasteiger partial charge in [0.15, 0.2) is 0 Å². The average molecular weight is 242 g/mol. The van der Waals surface area contributed by atoms with Gasteiger partial charge in [-0.05, 0) is 48.8 Å². The zero-order chi connectivity index (χ0) is 10.1. The first-order chi connectivity index (χ1) is 5.94. The Hall–Kier alpha value is -0.700. The van der Waals surface area contributed by atoms with Crippen LogP contribution < -0.4 is 0 Å². The molecule has 0 N–H and O–H groups in total. The first-order valence-electron chi connectivity index (χ1n) is 4.08. The number of Topliss-reactive ketones (excluding diaryl/α,β-unsaturated/α-hetero) is 1. The molecule has 13 heavy (non-hydrogen) atoms. The number of nitrogens with zero attached hydrogens (tertiary/aromatic N) is 1. The number of ketones is 1. The lowest BCUT2D eigenvalue weighted by Gasteiger charge is -2.20. The highest BCUT2D eigenvalue weighted by atomic mass is 79.9. The van der Waals surface area contributed by atoms with E-state index < -0.39 is 5.41 Å². The molecule has 0 radical (unpaired) electrons. The van der Waals surface area contributed by atoms with Crippen molar-refractivity contribution in [2.45, 2.75) is 26.2 Å². The monoisotopic (exact) mass is 241 g/mol. The Labute approximate surface area is 86.5 Å². The minimum atomic E-state index is -0.496. The number of halogens is 1. The van der Waals surface area contributed by atoms with Crippen LogP contribution in [0.25, 0.3) is 0 Å². The van der Waals surface area contributed by atoms with Gasteiger partial charge in [0.05, 0.1) is 11.1 Å². The third-order valence-electron chi connectivity index (χ3n) is 2.24. The van der Waals surface area contributed by atoms with Crippen molar-refractivity contribution < 1.29 is 4.79 Å². The molecule has 0 spiro atoms. The minimum absolute atomic E-state index is 0.123. The van der Waals surface area contributed by atoms with E-state index in [-0.39, 0.29) is 5.78 Å². The van der Waals surface area contributed by atoms with Crippen LogP contribution in [0.15, 0.2) is 22.8 Å². The molecule has 0 aliphatic carbocycles. The number of hydrogen-bond donors (Lipinski definition) is 0. The lowest BCUT2D eigenvalue weighted by atomic mass is 9.85. The van der Waals surface area contributed by atoms with Gasteiger partial charge in [-0.15, -0.1) is 0 Å². The van der Waals surface area contributed by atoms with Gasteiger partial charge in [0, 0.05) is 0 Å². The minimum Gasteiger partial charge on any atom is -0.299 e. The smallest absolute Gasteiger partial charge is 0.141 e. The molecular formula is C10H12BrNO. The fourth-order valence-corrected chi connectivity index (χ4v) is 1.28. The molecule has 1 heterocycles. The highest BCUT2D eigenvalue weighted by Crippen LogP contribution is 2.23. The second-order valence-electron chi connectivity index (χ2n) is 3.53. The van der Waals surface area contributed by atoms with Crippen LogP contribution in [0, 0.1) is 0 Å². The van der Waals surface area contributed by atoms with Gasteiger partial charge in [-0.1, -0.05) is 6.07 Å². The van der Waals surface area contributed by atoms with Crippen molar-refractivity contribution in [1.82, 2.24) is 4.98 Å². The van der Waals surface area contributed by atoms with Gasteiger partial charge in [0.1, 0.15) is 10.4 Å². The third-order valence-corrected chi connectivity index (χ3v) is 2.68. The van der Waals surface area contributed by atoms with Gasteiger partial charge < -0.3 is 0 Å². The van der Waals surface area contributed by atoms with Crippen LogP contribution in [-0.2, 0) is 10.2 Å². The van der Waals surface area contributed by atoms with E-state index in [0.717, 1.165) is 10.3 Å². The van der Waals surface area contributed by atoms with Crippen molar-refractivity contribution >= 4 is 21.7 Å². The molecule has 1 aromatic rings. The molecule has 0 aliphatic rings. The number of carbonyl (C=O) groups is 1. The normalized spacial score (nSPS) is 11.4. The molecule has 0 fully saturated rings. The van der Waals surface area contributed by atoms with Crippen LogP contribution in [-0.4, -0.2) is 10.8 Å². The van der Waals surface area contributed by atoms with E-state index >= 15 is 0 Å². The molecular weight excluding hydrogens is 230 g/mol. The SMILES string of the molecule is CC(=O)C(C)(C)c1cccc(Br)n1. The second-order valence-corrected chi connectivity index (χ2v) is 4.34. The van der Waals surface area contributed by atoms with E-state index in [4.69, 9.17) is 0 Å². The van der Waals surface area contributed by atoms with Crippen LogP contribution in [0.1, 0.15) is 26.5 Å². The summed E-state index contributed by atoms with van der Waals surface area (Å²) in [5.41, 5.74) is 0.304. The van der Waals surface area contributed by atoms with Crippen LogP contribution in [0.3, 0.4) is 0 Å². The summed E-state index contributed by atoms with van der Waals surface area (Å²) in [6, 6.07) is 5.60. The van der Waals surface area contributed by atoms with Gasteiger partial charge in [0.2, 0.25) is 0 Å². The predicted octanol–water partition coefficient (Wildman–Crippen LogP) is 2.71. The topological polar surface area (TPSA) is 30.0 Å². The van der Waals surface area contributed by atoms with Gasteiger partial charge in [-0.2, -0.15) is 0 Å². The maximum absolute atomic E-state index is 11.3. The van der Waals surface area contributed by atoms with Crippen molar-refractivity contribution in [2.24, 2.45) is 0 Å². The van der Waals surface area contributed by atoms with E-state index in [0.29, 0.717) is 0 Å². The Morgan fingerprint density at radius 3 is 2.54 bits per heavy atom. The lowest BCUT2D eigenvalue weighted by molar-refractivity contribution is -0.121. The molecule has 1 aromatic heterocycles. The molecule has 0 unspecified atom stereocenters. The highest BCUT2D eigenvalue weighted by Gasteiger charge is 2.27. The van der Waals surface area contributed by atoms with E-state index in [2.05, 4.69) is 20.9 Å². The van der Waals surface area contributed by atoms with E-state index in [9.17, 15) is 4.79 Å². The maximum Gasteiger partial charge on any atom is 0.141 e. The van der Waals surface area contributed by atoms with Gasteiger partial charge in [0.25, 0.3) is 0 Å². The van der Waals surface area contributed by atoms with E-state index in [1.54, 1.807) is 6.92 Å². The Kier molecular flexibility index (Phi) is 2.86. The molecule has 2 nitrogen and oxygen atoms in total. The number of rotatable bonds is 2. The summed E-state index contributed by atoms with van der Waals surface area (Å²) < 4.78 is 0.763. The van der Waals surface area contributed by atoms with Gasteiger partial charge in [-0.25, -0.2) is 4.98 Å². The second kappa shape index (κ2) is 3.58. The first-order valence-corrected chi connectivity index (χ1v) is 4.88. The summed E-state index contributed by atoms with van der Waals surface area (Å²) in [7, 11) is 0.